The fourth-order valence-corrected chi connectivity index (χ4v) is 1.55. The van der Waals surface area contributed by atoms with Crippen molar-refractivity contribution >= 4 is 17.8 Å². The molecular formula is C14H15N3O2. The first-order valence-electron chi connectivity index (χ1n) is 5.86. The van der Waals surface area contributed by atoms with Crippen molar-refractivity contribution in [2.75, 3.05) is 5.73 Å². The number of hydrogen-bond donors (Lipinski definition) is 2. The number of nitrogen functional groups attached to an aromatic ring is 1. The standard InChI is InChI=1S/C14H15N3O2/c1-10-2-7-13(19-10)9-16-17-14(18)8-11-3-5-12(15)6-4-11/h2-7,9H,8,15H2,1H3,(H,17,18)/b16-9-. The van der Waals surface area contributed by atoms with Crippen LogP contribution in [0.1, 0.15) is 17.1 Å². The monoisotopic (exact) mass is 257 g/mol. The summed E-state index contributed by atoms with van der Waals surface area (Å²) in [5.74, 6) is 1.21. The zero-order valence-corrected chi connectivity index (χ0v) is 10.6. The molecule has 2 aromatic rings. The van der Waals surface area contributed by atoms with E-state index in [1.807, 2.05) is 25.1 Å². The van der Waals surface area contributed by atoms with Gasteiger partial charge in [0.1, 0.15) is 11.5 Å². The predicted molar refractivity (Wildman–Crippen MR) is 73.7 cm³/mol. The van der Waals surface area contributed by atoms with Crippen LogP contribution in [0.15, 0.2) is 45.9 Å². The van der Waals surface area contributed by atoms with Crippen LogP contribution in [0.3, 0.4) is 0 Å². The number of hydrogen-bond acceptors (Lipinski definition) is 4. The normalized spacial score (nSPS) is 10.8. The van der Waals surface area contributed by atoms with E-state index in [4.69, 9.17) is 10.2 Å². The number of carbonyl (C=O) groups is 1. The SMILES string of the molecule is Cc1ccc(/C=N\NC(=O)Cc2ccc(N)cc2)o1. The minimum atomic E-state index is -0.190. The highest BCUT2D eigenvalue weighted by Gasteiger charge is 2.01. The van der Waals surface area contributed by atoms with Crippen molar-refractivity contribution in [3.05, 3.63) is 53.5 Å². The lowest BCUT2D eigenvalue weighted by molar-refractivity contribution is -0.120. The van der Waals surface area contributed by atoms with Gasteiger partial charge in [-0.05, 0) is 36.8 Å². The number of nitrogens with zero attached hydrogens (tertiary/aromatic N) is 1. The summed E-state index contributed by atoms with van der Waals surface area (Å²) in [6, 6.07) is 10.8. The number of amides is 1. The fraction of sp³-hybridized carbons (Fsp3) is 0.143. The second kappa shape index (κ2) is 5.86. The van der Waals surface area contributed by atoms with E-state index < -0.39 is 0 Å². The highest BCUT2D eigenvalue weighted by atomic mass is 16.3. The first-order chi connectivity index (χ1) is 9.13. The van der Waals surface area contributed by atoms with E-state index in [-0.39, 0.29) is 12.3 Å². The van der Waals surface area contributed by atoms with E-state index in [1.165, 1.54) is 6.21 Å². The molecule has 0 fully saturated rings. The van der Waals surface area contributed by atoms with Crippen LogP contribution < -0.4 is 11.2 Å². The van der Waals surface area contributed by atoms with Gasteiger partial charge in [0.25, 0.3) is 0 Å². The van der Waals surface area contributed by atoms with Crippen molar-refractivity contribution in [2.45, 2.75) is 13.3 Å². The van der Waals surface area contributed by atoms with E-state index in [2.05, 4.69) is 10.5 Å². The van der Waals surface area contributed by atoms with E-state index in [1.54, 1.807) is 18.2 Å². The Labute approximate surface area is 111 Å². The summed E-state index contributed by atoms with van der Waals surface area (Å²) in [6.45, 7) is 1.84. The molecule has 0 aliphatic carbocycles. The average molecular weight is 257 g/mol. The van der Waals surface area contributed by atoms with Crippen LogP contribution in [0.4, 0.5) is 5.69 Å². The third kappa shape index (κ3) is 3.99. The third-order valence-corrected chi connectivity index (χ3v) is 2.49. The van der Waals surface area contributed by atoms with Gasteiger partial charge in [0.2, 0.25) is 5.91 Å². The molecule has 1 aromatic heterocycles. The summed E-state index contributed by atoms with van der Waals surface area (Å²) in [6.07, 6.45) is 1.72. The van der Waals surface area contributed by atoms with Crippen LogP contribution >= 0.6 is 0 Å². The Morgan fingerprint density at radius 1 is 1.32 bits per heavy atom. The second-order valence-corrected chi connectivity index (χ2v) is 4.16. The van der Waals surface area contributed by atoms with Crippen molar-refractivity contribution < 1.29 is 9.21 Å². The van der Waals surface area contributed by atoms with Crippen molar-refractivity contribution in [2.24, 2.45) is 5.10 Å². The van der Waals surface area contributed by atoms with Crippen LogP contribution in [-0.2, 0) is 11.2 Å². The van der Waals surface area contributed by atoms with Gasteiger partial charge in [-0.3, -0.25) is 4.79 Å². The molecule has 0 aliphatic heterocycles. The Hall–Kier alpha value is -2.56. The van der Waals surface area contributed by atoms with Crippen LogP contribution in [0.25, 0.3) is 0 Å². The molecule has 19 heavy (non-hydrogen) atoms. The maximum absolute atomic E-state index is 11.6. The van der Waals surface area contributed by atoms with Crippen molar-refractivity contribution in [1.82, 2.24) is 5.43 Å². The van der Waals surface area contributed by atoms with Gasteiger partial charge in [0.05, 0.1) is 12.6 Å². The number of nitrogens with two attached hydrogens (primary N) is 1. The first-order valence-corrected chi connectivity index (χ1v) is 5.86. The molecule has 0 spiro atoms. The Bertz CT molecular complexity index is 585. The number of rotatable bonds is 4. The predicted octanol–water partition coefficient (Wildman–Crippen LogP) is 1.86. The summed E-state index contributed by atoms with van der Waals surface area (Å²) in [5.41, 5.74) is 9.57. The first kappa shape index (κ1) is 12.9. The summed E-state index contributed by atoms with van der Waals surface area (Å²) < 4.78 is 5.28. The molecule has 0 saturated carbocycles. The Morgan fingerprint density at radius 3 is 2.68 bits per heavy atom. The molecule has 0 bridgehead atoms. The van der Waals surface area contributed by atoms with Gasteiger partial charge in [-0.1, -0.05) is 12.1 Å². The number of aryl methyl sites for hydroxylation is 1. The minimum Gasteiger partial charge on any atom is -0.460 e. The fourth-order valence-electron chi connectivity index (χ4n) is 1.55. The van der Waals surface area contributed by atoms with Gasteiger partial charge in [0.15, 0.2) is 0 Å². The van der Waals surface area contributed by atoms with Crippen LogP contribution in [0.2, 0.25) is 0 Å². The number of hydrazone groups is 1. The lowest BCUT2D eigenvalue weighted by Crippen LogP contribution is -2.19. The van der Waals surface area contributed by atoms with Gasteiger partial charge in [-0.15, -0.1) is 0 Å². The van der Waals surface area contributed by atoms with E-state index in [0.717, 1.165) is 11.3 Å². The van der Waals surface area contributed by atoms with Gasteiger partial charge in [0, 0.05) is 5.69 Å². The summed E-state index contributed by atoms with van der Waals surface area (Å²) >= 11 is 0. The zero-order chi connectivity index (χ0) is 13.7. The number of carbonyl (C=O) groups excluding carboxylic acids is 1. The number of anilines is 1. The average Bonchev–Trinajstić information content (AvgIpc) is 2.78. The largest absolute Gasteiger partial charge is 0.460 e. The Kier molecular flexibility index (Phi) is 3.97. The smallest absolute Gasteiger partial charge is 0.244 e. The summed E-state index contributed by atoms with van der Waals surface area (Å²) in [5, 5.41) is 3.83. The number of furan rings is 1. The van der Waals surface area contributed by atoms with Gasteiger partial charge in [-0.2, -0.15) is 5.10 Å². The van der Waals surface area contributed by atoms with Crippen molar-refractivity contribution in [3.8, 4) is 0 Å². The molecule has 98 valence electrons. The number of nitrogens with one attached hydrogen (secondary N) is 1. The van der Waals surface area contributed by atoms with Gasteiger partial charge < -0.3 is 10.2 Å². The van der Waals surface area contributed by atoms with Crippen molar-refractivity contribution in [3.63, 3.8) is 0 Å². The quantitative estimate of drug-likeness (QED) is 0.498. The highest BCUT2D eigenvalue weighted by Crippen LogP contribution is 2.06. The Balaban J connectivity index is 1.84. The molecule has 1 aromatic carbocycles. The maximum atomic E-state index is 11.6. The minimum absolute atomic E-state index is 0.190. The molecule has 0 aliphatic rings. The Morgan fingerprint density at radius 2 is 2.05 bits per heavy atom. The maximum Gasteiger partial charge on any atom is 0.244 e. The molecule has 0 atom stereocenters. The molecule has 0 unspecified atom stereocenters. The molecule has 1 heterocycles. The molecule has 0 saturated heterocycles. The highest BCUT2D eigenvalue weighted by molar-refractivity contribution is 5.81. The van der Waals surface area contributed by atoms with E-state index in [0.29, 0.717) is 11.4 Å². The van der Waals surface area contributed by atoms with E-state index in [9.17, 15) is 4.79 Å². The third-order valence-electron chi connectivity index (χ3n) is 2.49. The molecule has 3 N–H and O–H groups in total. The lowest BCUT2D eigenvalue weighted by Gasteiger charge is -2.00. The summed E-state index contributed by atoms with van der Waals surface area (Å²) in [7, 11) is 0. The number of benzene rings is 1. The summed E-state index contributed by atoms with van der Waals surface area (Å²) in [4.78, 5) is 11.6. The molecular weight excluding hydrogens is 242 g/mol. The second-order valence-electron chi connectivity index (χ2n) is 4.16. The van der Waals surface area contributed by atoms with Crippen LogP contribution in [-0.4, -0.2) is 12.1 Å². The molecule has 5 heteroatoms. The van der Waals surface area contributed by atoms with Gasteiger partial charge >= 0.3 is 0 Å². The van der Waals surface area contributed by atoms with Crippen LogP contribution in [0, 0.1) is 6.92 Å². The topological polar surface area (TPSA) is 80.6 Å². The molecule has 1 amide bonds. The lowest BCUT2D eigenvalue weighted by atomic mass is 10.1. The molecule has 5 nitrogen and oxygen atoms in total. The van der Waals surface area contributed by atoms with Crippen LogP contribution in [0.5, 0.6) is 0 Å². The van der Waals surface area contributed by atoms with Crippen molar-refractivity contribution in [1.29, 1.82) is 0 Å². The zero-order valence-electron chi connectivity index (χ0n) is 10.6. The molecule has 2 rings (SSSR count). The molecule has 0 radical (unpaired) electrons. The van der Waals surface area contributed by atoms with Gasteiger partial charge in [-0.25, -0.2) is 5.43 Å². The van der Waals surface area contributed by atoms with E-state index >= 15 is 0 Å².